The highest BCUT2D eigenvalue weighted by Gasteiger charge is 2.27. The van der Waals surface area contributed by atoms with Crippen molar-refractivity contribution >= 4 is 0 Å². The van der Waals surface area contributed by atoms with Gasteiger partial charge in [-0.05, 0) is 25.2 Å². The Morgan fingerprint density at radius 1 is 1.44 bits per heavy atom. The summed E-state index contributed by atoms with van der Waals surface area (Å²) in [4.78, 5) is 0. The molecule has 1 aliphatic rings. The van der Waals surface area contributed by atoms with Gasteiger partial charge in [-0.15, -0.1) is 0 Å². The van der Waals surface area contributed by atoms with E-state index in [9.17, 15) is 0 Å². The minimum atomic E-state index is 0.538. The molecule has 3 heteroatoms. The van der Waals surface area contributed by atoms with Gasteiger partial charge in [-0.2, -0.15) is 5.10 Å². The number of hydrogen-bond donors (Lipinski definition) is 1. The lowest BCUT2D eigenvalue weighted by molar-refractivity contribution is 0.314. The zero-order valence-electron chi connectivity index (χ0n) is 10.7. The molecule has 0 aromatic carbocycles. The molecule has 1 aromatic rings. The fourth-order valence-corrected chi connectivity index (χ4v) is 2.62. The molecule has 2 rings (SSSR count). The number of nitrogens with zero attached hydrogens (tertiary/aromatic N) is 2. The molecule has 1 aromatic heterocycles. The predicted octanol–water partition coefficient (Wildman–Crippen LogP) is 2.40. The maximum Gasteiger partial charge on any atom is 0.0537 e. The Balaban J connectivity index is 1.82. The summed E-state index contributed by atoms with van der Waals surface area (Å²) in [5.41, 5.74) is 3.13. The van der Waals surface area contributed by atoms with E-state index >= 15 is 0 Å². The van der Waals surface area contributed by atoms with Crippen LogP contribution in [0.25, 0.3) is 0 Å². The second-order valence-electron chi connectivity index (χ2n) is 5.50. The van der Waals surface area contributed by atoms with Crippen molar-refractivity contribution < 1.29 is 0 Å². The molecule has 0 saturated heterocycles. The van der Waals surface area contributed by atoms with Crippen molar-refractivity contribution in [3.8, 4) is 0 Å². The molecule has 0 aliphatic heterocycles. The third kappa shape index (κ3) is 2.46. The van der Waals surface area contributed by atoms with Crippen LogP contribution in [0.4, 0.5) is 0 Å². The van der Waals surface area contributed by atoms with Gasteiger partial charge in [-0.3, -0.25) is 4.68 Å². The average Bonchev–Trinajstić information content (AvgIpc) is 2.80. The Morgan fingerprint density at radius 3 is 2.69 bits per heavy atom. The highest BCUT2D eigenvalue weighted by Crippen LogP contribution is 2.36. The topological polar surface area (TPSA) is 29.9 Å². The first-order chi connectivity index (χ1) is 7.61. The predicted molar refractivity (Wildman–Crippen MR) is 66.2 cm³/mol. The van der Waals surface area contributed by atoms with E-state index in [4.69, 9.17) is 0 Å². The largest absolute Gasteiger partial charge is 0.312 e. The number of rotatable bonds is 4. The van der Waals surface area contributed by atoms with Crippen molar-refractivity contribution in [1.82, 2.24) is 15.1 Å². The van der Waals surface area contributed by atoms with Crippen LogP contribution in [0, 0.1) is 12.3 Å². The van der Waals surface area contributed by atoms with Gasteiger partial charge in [-0.1, -0.05) is 19.8 Å². The Hall–Kier alpha value is -0.830. The molecule has 0 bridgehead atoms. The van der Waals surface area contributed by atoms with Crippen molar-refractivity contribution in [2.45, 2.75) is 46.1 Å². The molecule has 1 N–H and O–H groups in total. The molecule has 16 heavy (non-hydrogen) atoms. The number of aromatic nitrogens is 2. The van der Waals surface area contributed by atoms with Gasteiger partial charge in [0.15, 0.2) is 0 Å². The lowest BCUT2D eigenvalue weighted by Crippen LogP contribution is -2.29. The summed E-state index contributed by atoms with van der Waals surface area (Å²) in [6, 6.07) is 0. The SMILES string of the molecule is Cc1c(CNCC2(C)CCCC2)cnn1C. The van der Waals surface area contributed by atoms with Gasteiger partial charge >= 0.3 is 0 Å². The second-order valence-corrected chi connectivity index (χ2v) is 5.50. The van der Waals surface area contributed by atoms with Gasteiger partial charge in [0.1, 0.15) is 0 Å². The van der Waals surface area contributed by atoms with Gasteiger partial charge in [0.05, 0.1) is 6.20 Å². The summed E-state index contributed by atoms with van der Waals surface area (Å²) in [5.74, 6) is 0. The van der Waals surface area contributed by atoms with Crippen LogP contribution in [-0.2, 0) is 13.6 Å². The lowest BCUT2D eigenvalue weighted by atomic mass is 9.89. The van der Waals surface area contributed by atoms with E-state index in [2.05, 4.69) is 24.3 Å². The van der Waals surface area contributed by atoms with Crippen molar-refractivity contribution in [2.24, 2.45) is 12.5 Å². The van der Waals surface area contributed by atoms with Gasteiger partial charge in [0, 0.05) is 31.4 Å². The molecular weight excluding hydrogens is 198 g/mol. The van der Waals surface area contributed by atoms with Crippen molar-refractivity contribution in [2.75, 3.05) is 6.54 Å². The van der Waals surface area contributed by atoms with E-state index in [1.807, 2.05) is 17.9 Å². The zero-order chi connectivity index (χ0) is 11.6. The molecule has 1 aliphatic carbocycles. The Labute approximate surface area is 98.2 Å². The van der Waals surface area contributed by atoms with Gasteiger partial charge in [-0.25, -0.2) is 0 Å². The van der Waals surface area contributed by atoms with Crippen LogP contribution in [-0.4, -0.2) is 16.3 Å². The van der Waals surface area contributed by atoms with E-state index in [0.29, 0.717) is 5.41 Å². The fourth-order valence-electron chi connectivity index (χ4n) is 2.62. The van der Waals surface area contributed by atoms with Crippen molar-refractivity contribution in [1.29, 1.82) is 0 Å². The van der Waals surface area contributed by atoms with Gasteiger partial charge in [0.25, 0.3) is 0 Å². The van der Waals surface area contributed by atoms with Crippen LogP contribution in [0.1, 0.15) is 43.9 Å². The summed E-state index contributed by atoms with van der Waals surface area (Å²) in [6.45, 7) is 6.63. The fraction of sp³-hybridized carbons (Fsp3) is 0.769. The summed E-state index contributed by atoms with van der Waals surface area (Å²) < 4.78 is 1.94. The van der Waals surface area contributed by atoms with Crippen LogP contribution in [0.5, 0.6) is 0 Å². The lowest BCUT2D eigenvalue weighted by Gasteiger charge is -2.23. The molecule has 0 spiro atoms. The summed E-state index contributed by atoms with van der Waals surface area (Å²) in [6.07, 6.45) is 7.55. The summed E-state index contributed by atoms with van der Waals surface area (Å²) in [7, 11) is 2.00. The number of aryl methyl sites for hydroxylation is 1. The van der Waals surface area contributed by atoms with Crippen molar-refractivity contribution in [3.63, 3.8) is 0 Å². The minimum absolute atomic E-state index is 0.538. The van der Waals surface area contributed by atoms with E-state index in [1.54, 1.807) is 0 Å². The average molecular weight is 221 g/mol. The number of hydrogen-bond acceptors (Lipinski definition) is 2. The first-order valence-corrected chi connectivity index (χ1v) is 6.29. The Kier molecular flexibility index (Phi) is 3.33. The Morgan fingerprint density at radius 2 is 2.12 bits per heavy atom. The summed E-state index contributed by atoms with van der Waals surface area (Å²) in [5, 5.41) is 7.85. The quantitative estimate of drug-likeness (QED) is 0.846. The van der Waals surface area contributed by atoms with Crippen LogP contribution in [0.15, 0.2) is 6.20 Å². The molecule has 1 saturated carbocycles. The zero-order valence-corrected chi connectivity index (χ0v) is 10.7. The van der Waals surface area contributed by atoms with E-state index in [-0.39, 0.29) is 0 Å². The smallest absolute Gasteiger partial charge is 0.0537 e. The third-order valence-electron chi connectivity index (χ3n) is 4.01. The molecule has 0 radical (unpaired) electrons. The molecule has 0 amide bonds. The Bertz CT molecular complexity index is 348. The maximum atomic E-state index is 4.26. The molecule has 1 fully saturated rings. The first kappa shape index (κ1) is 11.6. The highest BCUT2D eigenvalue weighted by molar-refractivity contribution is 5.15. The molecule has 3 nitrogen and oxygen atoms in total. The van der Waals surface area contributed by atoms with Gasteiger partial charge < -0.3 is 5.32 Å². The van der Waals surface area contributed by atoms with E-state index in [0.717, 1.165) is 13.1 Å². The normalized spacial score (nSPS) is 19.2. The maximum absolute atomic E-state index is 4.26. The second kappa shape index (κ2) is 4.58. The molecular formula is C13H23N3. The standard InChI is InChI=1S/C13H23N3/c1-11-12(9-15-16(11)3)8-14-10-13(2)6-4-5-7-13/h9,14H,4-8,10H2,1-3H3. The highest BCUT2D eigenvalue weighted by atomic mass is 15.3. The van der Waals surface area contributed by atoms with E-state index in [1.165, 1.54) is 36.9 Å². The minimum Gasteiger partial charge on any atom is -0.312 e. The molecule has 1 heterocycles. The molecule has 90 valence electrons. The monoisotopic (exact) mass is 221 g/mol. The number of nitrogens with one attached hydrogen (secondary N) is 1. The van der Waals surface area contributed by atoms with E-state index < -0.39 is 0 Å². The first-order valence-electron chi connectivity index (χ1n) is 6.29. The van der Waals surface area contributed by atoms with Crippen molar-refractivity contribution in [3.05, 3.63) is 17.5 Å². The van der Waals surface area contributed by atoms with Gasteiger partial charge in [0.2, 0.25) is 0 Å². The molecule has 0 atom stereocenters. The molecule has 0 unspecified atom stereocenters. The van der Waals surface area contributed by atoms with Crippen LogP contribution >= 0.6 is 0 Å². The van der Waals surface area contributed by atoms with Crippen LogP contribution < -0.4 is 5.32 Å². The van der Waals surface area contributed by atoms with Crippen LogP contribution in [0.3, 0.4) is 0 Å². The van der Waals surface area contributed by atoms with Crippen LogP contribution in [0.2, 0.25) is 0 Å². The third-order valence-corrected chi connectivity index (χ3v) is 4.01. The summed E-state index contributed by atoms with van der Waals surface area (Å²) >= 11 is 0.